The molecule has 3 rings (SSSR count). The Kier molecular flexibility index (Phi) is 4.59. The molecule has 3 heteroatoms. The van der Waals surface area contributed by atoms with Gasteiger partial charge in [0.25, 0.3) is 0 Å². The van der Waals surface area contributed by atoms with E-state index in [1.54, 1.807) is 11.3 Å². The van der Waals surface area contributed by atoms with Gasteiger partial charge in [-0.1, -0.05) is 13.8 Å². The van der Waals surface area contributed by atoms with Gasteiger partial charge in [-0.25, -0.2) is 4.98 Å². The van der Waals surface area contributed by atoms with E-state index in [-0.39, 0.29) is 0 Å². The average Bonchev–Trinajstić information content (AvgIpc) is 3.03. The molecule has 1 heterocycles. The maximum Gasteiger partial charge on any atom is 0.123 e. The molecule has 1 fully saturated rings. The highest BCUT2D eigenvalue weighted by Gasteiger charge is 2.22. The van der Waals surface area contributed by atoms with Crippen molar-refractivity contribution in [2.24, 2.45) is 11.8 Å². The number of anilines is 1. The monoisotopic (exact) mass is 300 g/mol. The third-order valence-corrected chi connectivity index (χ3v) is 5.47. The summed E-state index contributed by atoms with van der Waals surface area (Å²) in [6, 6.07) is 9.35. The van der Waals surface area contributed by atoms with Gasteiger partial charge in [-0.05, 0) is 61.8 Å². The predicted molar refractivity (Wildman–Crippen MR) is 91.8 cm³/mol. The van der Waals surface area contributed by atoms with E-state index in [0.717, 1.165) is 16.8 Å². The van der Waals surface area contributed by atoms with Crippen LogP contribution in [0, 0.1) is 11.8 Å². The van der Waals surface area contributed by atoms with Crippen molar-refractivity contribution in [3.63, 3.8) is 0 Å². The van der Waals surface area contributed by atoms with Gasteiger partial charge in [-0.2, -0.15) is 0 Å². The van der Waals surface area contributed by atoms with Gasteiger partial charge >= 0.3 is 0 Å². The normalized spacial score (nSPS) is 22.4. The molecule has 1 aliphatic carbocycles. The summed E-state index contributed by atoms with van der Waals surface area (Å²) < 4.78 is 0. The van der Waals surface area contributed by atoms with E-state index in [1.807, 2.05) is 11.6 Å². The predicted octanol–water partition coefficient (Wildman–Crippen LogP) is 5.44. The Morgan fingerprint density at radius 2 is 1.81 bits per heavy atom. The molecule has 112 valence electrons. The molecule has 0 amide bonds. The van der Waals surface area contributed by atoms with E-state index in [2.05, 4.69) is 48.4 Å². The van der Waals surface area contributed by atoms with Crippen LogP contribution in [0.3, 0.4) is 0 Å². The number of hydrogen-bond donors (Lipinski definition) is 1. The summed E-state index contributed by atoms with van der Waals surface area (Å²) in [5.74, 6) is 1.76. The fourth-order valence-corrected chi connectivity index (χ4v) is 3.89. The minimum absolute atomic E-state index is 0.644. The van der Waals surface area contributed by atoms with E-state index in [9.17, 15) is 0 Å². The van der Waals surface area contributed by atoms with Crippen molar-refractivity contribution in [1.82, 2.24) is 4.98 Å². The highest BCUT2D eigenvalue weighted by Crippen LogP contribution is 2.31. The van der Waals surface area contributed by atoms with E-state index < -0.39 is 0 Å². The molecule has 0 aliphatic heterocycles. The maximum atomic E-state index is 4.35. The molecule has 0 atom stereocenters. The van der Waals surface area contributed by atoms with Crippen LogP contribution in [-0.4, -0.2) is 11.0 Å². The molecule has 1 N–H and O–H groups in total. The van der Waals surface area contributed by atoms with Gasteiger partial charge < -0.3 is 5.32 Å². The van der Waals surface area contributed by atoms with E-state index >= 15 is 0 Å². The smallest absolute Gasteiger partial charge is 0.123 e. The number of hydrogen-bond acceptors (Lipinski definition) is 3. The minimum atomic E-state index is 0.644. The van der Waals surface area contributed by atoms with Crippen LogP contribution < -0.4 is 5.32 Å². The highest BCUT2D eigenvalue weighted by atomic mass is 32.1. The zero-order valence-electron chi connectivity index (χ0n) is 12.9. The summed E-state index contributed by atoms with van der Waals surface area (Å²) in [6.07, 6.45) is 7.20. The minimum Gasteiger partial charge on any atom is -0.382 e. The largest absolute Gasteiger partial charge is 0.382 e. The Balaban J connectivity index is 1.57. The molecule has 0 spiro atoms. The van der Waals surface area contributed by atoms with Crippen molar-refractivity contribution in [2.75, 3.05) is 5.32 Å². The first-order chi connectivity index (χ1) is 10.2. The summed E-state index contributed by atoms with van der Waals surface area (Å²) in [6.45, 7) is 4.71. The molecule has 0 unspecified atom stereocenters. The van der Waals surface area contributed by atoms with Gasteiger partial charge in [0.05, 0.1) is 0 Å². The Labute approximate surface area is 131 Å². The number of aromatic nitrogens is 1. The van der Waals surface area contributed by atoms with Gasteiger partial charge in [0.15, 0.2) is 0 Å². The number of nitrogens with one attached hydrogen (secondary N) is 1. The summed E-state index contributed by atoms with van der Waals surface area (Å²) in [7, 11) is 0. The molecule has 1 aromatic heterocycles. The van der Waals surface area contributed by atoms with Gasteiger partial charge in [0.2, 0.25) is 0 Å². The molecular weight excluding hydrogens is 276 g/mol. The van der Waals surface area contributed by atoms with E-state index in [4.69, 9.17) is 0 Å². The Bertz CT molecular complexity index is 537. The molecule has 0 saturated heterocycles. The highest BCUT2D eigenvalue weighted by molar-refractivity contribution is 7.13. The first-order valence-corrected chi connectivity index (χ1v) is 8.87. The van der Waals surface area contributed by atoms with Gasteiger partial charge in [0.1, 0.15) is 5.01 Å². The number of nitrogens with zero attached hydrogens (tertiary/aromatic N) is 1. The third-order valence-electron chi connectivity index (χ3n) is 4.65. The SMILES string of the molecule is CC(C)C1CCC(Nc2ccc(-c3nccs3)cc2)CC1. The third kappa shape index (κ3) is 3.65. The number of rotatable bonds is 4. The van der Waals surface area contributed by atoms with Crippen molar-refractivity contribution >= 4 is 17.0 Å². The fraction of sp³-hybridized carbons (Fsp3) is 0.500. The summed E-state index contributed by atoms with van der Waals surface area (Å²) in [5.41, 5.74) is 2.45. The second kappa shape index (κ2) is 6.61. The quantitative estimate of drug-likeness (QED) is 0.813. The van der Waals surface area contributed by atoms with Crippen LogP contribution in [0.15, 0.2) is 35.8 Å². The first-order valence-electron chi connectivity index (χ1n) is 7.99. The molecule has 0 radical (unpaired) electrons. The maximum absolute atomic E-state index is 4.35. The topological polar surface area (TPSA) is 24.9 Å². The second-order valence-electron chi connectivity index (χ2n) is 6.41. The lowest BCUT2D eigenvalue weighted by Crippen LogP contribution is -2.27. The van der Waals surface area contributed by atoms with Crippen molar-refractivity contribution in [3.8, 4) is 10.6 Å². The lowest BCUT2D eigenvalue weighted by Gasteiger charge is -2.31. The molecule has 1 aliphatic rings. The summed E-state index contributed by atoms with van der Waals surface area (Å²) in [5, 5.41) is 6.81. The molecule has 1 aromatic carbocycles. The molecule has 1 saturated carbocycles. The van der Waals surface area contributed by atoms with E-state index in [0.29, 0.717) is 6.04 Å². The second-order valence-corrected chi connectivity index (χ2v) is 7.31. The zero-order chi connectivity index (χ0) is 14.7. The first kappa shape index (κ1) is 14.6. The van der Waals surface area contributed by atoms with Crippen molar-refractivity contribution in [2.45, 2.75) is 45.6 Å². The van der Waals surface area contributed by atoms with Crippen LogP contribution in [0.25, 0.3) is 10.6 Å². The van der Waals surface area contributed by atoms with Crippen LogP contribution >= 0.6 is 11.3 Å². The molecular formula is C18H24N2S. The lowest BCUT2D eigenvalue weighted by molar-refractivity contribution is 0.267. The molecule has 2 aromatic rings. The fourth-order valence-electron chi connectivity index (χ4n) is 3.24. The van der Waals surface area contributed by atoms with Gasteiger partial charge in [-0.15, -0.1) is 11.3 Å². The number of benzene rings is 1. The van der Waals surface area contributed by atoms with Crippen molar-refractivity contribution in [1.29, 1.82) is 0 Å². The zero-order valence-corrected chi connectivity index (χ0v) is 13.7. The van der Waals surface area contributed by atoms with Crippen molar-refractivity contribution < 1.29 is 0 Å². The Hall–Kier alpha value is -1.35. The standard InChI is InChI=1S/C18H24N2S/c1-13(2)14-3-7-16(8-4-14)20-17-9-5-15(6-10-17)18-19-11-12-21-18/h5-6,9-14,16,20H,3-4,7-8H2,1-2H3. The Morgan fingerprint density at radius 1 is 1.10 bits per heavy atom. The van der Waals surface area contributed by atoms with Crippen molar-refractivity contribution in [3.05, 3.63) is 35.8 Å². The number of thiazole rings is 1. The average molecular weight is 300 g/mol. The molecule has 0 bridgehead atoms. The van der Waals surface area contributed by atoms with Gasteiger partial charge in [0, 0.05) is 28.9 Å². The van der Waals surface area contributed by atoms with Crippen LogP contribution in [-0.2, 0) is 0 Å². The van der Waals surface area contributed by atoms with Crippen LogP contribution in [0.4, 0.5) is 5.69 Å². The van der Waals surface area contributed by atoms with E-state index in [1.165, 1.54) is 36.9 Å². The molecule has 2 nitrogen and oxygen atoms in total. The molecule has 21 heavy (non-hydrogen) atoms. The Morgan fingerprint density at radius 3 is 2.38 bits per heavy atom. The summed E-state index contributed by atoms with van der Waals surface area (Å²) in [4.78, 5) is 4.35. The van der Waals surface area contributed by atoms with Gasteiger partial charge in [-0.3, -0.25) is 0 Å². The lowest BCUT2D eigenvalue weighted by atomic mass is 9.79. The summed E-state index contributed by atoms with van der Waals surface area (Å²) >= 11 is 1.69. The van der Waals surface area contributed by atoms with Crippen LogP contribution in [0.1, 0.15) is 39.5 Å². The van der Waals surface area contributed by atoms with Crippen LogP contribution in [0.2, 0.25) is 0 Å². The van der Waals surface area contributed by atoms with Crippen LogP contribution in [0.5, 0.6) is 0 Å².